The van der Waals surface area contributed by atoms with E-state index in [2.05, 4.69) is 26.3 Å². The molecule has 0 fully saturated rings. The molecule has 2 aliphatic heterocycles. The molecule has 2 bridgehead atoms. The molecule has 3 heterocycles. The molecule has 0 saturated carbocycles. The smallest absolute Gasteiger partial charge is 0.275 e. The lowest BCUT2D eigenvalue weighted by Crippen LogP contribution is -2.57. The summed E-state index contributed by atoms with van der Waals surface area (Å²) in [5, 5.41) is 11.0. The van der Waals surface area contributed by atoms with E-state index in [1.807, 2.05) is 44.2 Å². The van der Waals surface area contributed by atoms with Crippen LogP contribution in [0.15, 0.2) is 66.9 Å². The second-order valence-corrected chi connectivity index (χ2v) is 12.5. The summed E-state index contributed by atoms with van der Waals surface area (Å²) in [6.45, 7) is 5.77. The number of amides is 5. The molecule has 0 aliphatic carbocycles. The number of pyridine rings is 1. The Morgan fingerprint density at radius 3 is 2.27 bits per heavy atom. The van der Waals surface area contributed by atoms with Crippen LogP contribution in [0.3, 0.4) is 0 Å². The Labute approximate surface area is 284 Å². The van der Waals surface area contributed by atoms with Crippen molar-refractivity contribution in [2.45, 2.75) is 71.1 Å². The largest absolute Gasteiger partial charge is 0.354 e. The van der Waals surface area contributed by atoms with Gasteiger partial charge in [-0.3, -0.25) is 24.0 Å². The molecule has 1 aromatic heterocycles. The zero-order valence-electron chi connectivity index (χ0n) is 27.8. The first-order valence-corrected chi connectivity index (χ1v) is 16.3. The second kappa shape index (κ2) is 17.3. The van der Waals surface area contributed by atoms with Gasteiger partial charge in [0.05, 0.1) is 6.20 Å². The Bertz CT molecular complexity index is 1640. The number of hydrogen-bond acceptors (Lipinski definition) is 6. The van der Waals surface area contributed by atoms with Gasteiger partial charge in [0.15, 0.2) is 11.5 Å². The van der Waals surface area contributed by atoms with Gasteiger partial charge in [-0.25, -0.2) is 13.8 Å². The predicted molar refractivity (Wildman–Crippen MR) is 178 cm³/mol. The number of fused-ring (bicyclic) bond motifs is 18. The summed E-state index contributed by atoms with van der Waals surface area (Å²) in [5.41, 5.74) is 1.13. The van der Waals surface area contributed by atoms with Crippen LogP contribution in [0.4, 0.5) is 8.78 Å². The number of nitrogens with one attached hydrogen (secondary N) is 4. The lowest BCUT2D eigenvalue weighted by atomic mass is 10.0. The molecular weight excluding hydrogens is 634 g/mol. The van der Waals surface area contributed by atoms with Gasteiger partial charge in [-0.2, -0.15) is 0 Å². The highest BCUT2D eigenvalue weighted by molar-refractivity contribution is 5.99. The van der Waals surface area contributed by atoms with E-state index in [1.165, 1.54) is 11.8 Å². The molecule has 5 rings (SSSR count). The van der Waals surface area contributed by atoms with Crippen LogP contribution in [-0.2, 0) is 27.3 Å². The van der Waals surface area contributed by atoms with Gasteiger partial charge in [0.2, 0.25) is 17.7 Å². The monoisotopic (exact) mass is 676 g/mol. The van der Waals surface area contributed by atoms with Crippen molar-refractivity contribution in [3.8, 4) is 0 Å². The van der Waals surface area contributed by atoms with Gasteiger partial charge >= 0.3 is 0 Å². The Balaban J connectivity index is 1.63. The number of nitrogens with zero attached hydrogens (tertiary/aromatic N) is 2. The van der Waals surface area contributed by atoms with Gasteiger partial charge in [-0.15, -0.1) is 0 Å². The third-order valence-electron chi connectivity index (χ3n) is 8.04. The molecule has 0 radical (unpaired) electrons. The van der Waals surface area contributed by atoms with Crippen molar-refractivity contribution >= 4 is 29.5 Å². The minimum Gasteiger partial charge on any atom is -0.354 e. The fourth-order valence-corrected chi connectivity index (χ4v) is 5.40. The number of carbonyl (C=O) groups excluding carboxylic acids is 5. The highest BCUT2D eigenvalue weighted by Crippen LogP contribution is 2.16. The van der Waals surface area contributed by atoms with Crippen molar-refractivity contribution in [1.29, 1.82) is 0 Å². The molecule has 260 valence electrons. The maximum atomic E-state index is 14.5. The van der Waals surface area contributed by atoms with Crippen molar-refractivity contribution in [2.24, 2.45) is 5.92 Å². The number of benzene rings is 2. The summed E-state index contributed by atoms with van der Waals surface area (Å²) in [4.78, 5) is 71.7. The highest BCUT2D eigenvalue weighted by atomic mass is 19.1. The summed E-state index contributed by atoms with van der Waals surface area (Å²) in [6, 6.07) is 13.2. The van der Waals surface area contributed by atoms with Crippen molar-refractivity contribution in [3.05, 3.63) is 101 Å². The summed E-state index contributed by atoms with van der Waals surface area (Å²) in [7, 11) is 0. The van der Waals surface area contributed by atoms with Gasteiger partial charge in [0.25, 0.3) is 11.8 Å². The normalized spacial score (nSPS) is 20.1. The zero-order chi connectivity index (χ0) is 35.5. The van der Waals surface area contributed by atoms with Gasteiger partial charge in [-0.1, -0.05) is 56.3 Å². The molecular formula is C36H42F2N6O5. The molecule has 3 atom stereocenters. The van der Waals surface area contributed by atoms with Crippen LogP contribution in [-0.4, -0.2) is 70.6 Å². The molecule has 0 spiro atoms. The number of rotatable bonds is 5. The topological polar surface area (TPSA) is 150 Å². The molecule has 5 amide bonds. The molecule has 49 heavy (non-hydrogen) atoms. The van der Waals surface area contributed by atoms with Crippen molar-refractivity contribution in [1.82, 2.24) is 31.2 Å². The molecule has 3 aromatic rings. The maximum absolute atomic E-state index is 14.5. The Kier molecular flexibility index (Phi) is 12.9. The van der Waals surface area contributed by atoms with Gasteiger partial charge in [0, 0.05) is 37.7 Å². The minimum atomic E-state index is -1.09. The molecule has 2 aliphatic rings. The van der Waals surface area contributed by atoms with Crippen LogP contribution < -0.4 is 21.3 Å². The van der Waals surface area contributed by atoms with E-state index < -0.39 is 65.0 Å². The fourth-order valence-electron chi connectivity index (χ4n) is 5.40. The minimum absolute atomic E-state index is 0.0251. The third-order valence-corrected chi connectivity index (χ3v) is 8.04. The van der Waals surface area contributed by atoms with E-state index in [1.54, 1.807) is 24.3 Å². The van der Waals surface area contributed by atoms with Gasteiger partial charge < -0.3 is 26.2 Å². The van der Waals surface area contributed by atoms with E-state index in [0.29, 0.717) is 30.9 Å². The van der Waals surface area contributed by atoms with Crippen molar-refractivity contribution in [2.75, 3.05) is 13.1 Å². The molecule has 13 heteroatoms. The Morgan fingerprint density at radius 1 is 0.898 bits per heavy atom. The molecule has 11 nitrogen and oxygen atoms in total. The quantitative estimate of drug-likeness (QED) is 0.305. The lowest BCUT2D eigenvalue weighted by Gasteiger charge is -2.25. The second-order valence-electron chi connectivity index (χ2n) is 12.5. The predicted octanol–water partition coefficient (Wildman–Crippen LogP) is 3.29. The fraction of sp³-hybridized carbons (Fsp3) is 0.389. The average molecular weight is 677 g/mol. The first-order valence-electron chi connectivity index (χ1n) is 16.3. The molecule has 0 saturated heterocycles. The van der Waals surface area contributed by atoms with Gasteiger partial charge in [0.1, 0.15) is 23.9 Å². The number of carbonyl (C=O) groups is 5. The van der Waals surface area contributed by atoms with E-state index in [4.69, 9.17) is 0 Å². The van der Waals surface area contributed by atoms with Crippen LogP contribution in [0, 0.1) is 17.6 Å². The summed E-state index contributed by atoms with van der Waals surface area (Å²) in [6.07, 6.45) is 2.08. The number of halogens is 2. The van der Waals surface area contributed by atoms with Crippen LogP contribution >= 0.6 is 0 Å². The maximum Gasteiger partial charge on any atom is 0.275 e. The standard InChI is InChI=1S/C36H42F2N6O5/c1-22(2)17-29-34(47)41-23(3)32(45)39-15-7-8-16-44(36(49)31-28(38)19-27(37)20-40-31)21-25-11-13-26(14-12-25)33(46)42-30(35(48)43-29)18-24-9-5-4-6-10-24/h4-6,9-14,19-20,22-23,29-30H,7-8,15-18,21H2,1-3H3,(H,39,45)(H,41,47)(H,42,46)(H,43,48)/t23-,29+,30-/m1/s1. The average Bonchev–Trinajstić information content (AvgIpc) is 3.06. The first kappa shape index (κ1) is 36.6. The summed E-state index contributed by atoms with van der Waals surface area (Å²) >= 11 is 0. The van der Waals surface area contributed by atoms with Crippen LogP contribution in [0.25, 0.3) is 0 Å². The van der Waals surface area contributed by atoms with Crippen LogP contribution in [0.1, 0.15) is 72.0 Å². The summed E-state index contributed by atoms with van der Waals surface area (Å²) in [5.74, 6) is -4.79. The SMILES string of the molecule is CC(C)C[C@@H]1NC(=O)[C@@H](Cc2ccccc2)NC(=O)c2ccc(cc2)CN(C(=O)c2ncc(F)cc2F)CCCCNC(=O)[C@@H](C)NC1=O. The van der Waals surface area contributed by atoms with Crippen molar-refractivity contribution in [3.63, 3.8) is 0 Å². The number of aromatic nitrogens is 1. The van der Waals surface area contributed by atoms with Crippen LogP contribution in [0.5, 0.6) is 0 Å². The highest BCUT2D eigenvalue weighted by Gasteiger charge is 2.30. The molecule has 4 N–H and O–H groups in total. The number of hydrogen-bond donors (Lipinski definition) is 4. The third kappa shape index (κ3) is 10.6. The molecule has 2 aromatic carbocycles. The van der Waals surface area contributed by atoms with Crippen LogP contribution in [0.2, 0.25) is 0 Å². The molecule has 0 unspecified atom stereocenters. The Morgan fingerprint density at radius 2 is 1.59 bits per heavy atom. The first-order chi connectivity index (χ1) is 23.4. The van der Waals surface area contributed by atoms with E-state index in [0.717, 1.165) is 11.8 Å². The zero-order valence-corrected chi connectivity index (χ0v) is 27.8. The van der Waals surface area contributed by atoms with E-state index >= 15 is 0 Å². The van der Waals surface area contributed by atoms with Crippen molar-refractivity contribution < 1.29 is 32.8 Å². The summed E-state index contributed by atoms with van der Waals surface area (Å²) < 4.78 is 28.0. The van der Waals surface area contributed by atoms with E-state index in [-0.39, 0.29) is 37.5 Å². The van der Waals surface area contributed by atoms with Gasteiger partial charge in [-0.05, 0) is 55.4 Å². The Hall–Kier alpha value is -5.20. The van der Waals surface area contributed by atoms with E-state index in [9.17, 15) is 32.8 Å². The lowest BCUT2D eigenvalue weighted by molar-refractivity contribution is -0.132.